The van der Waals surface area contributed by atoms with Crippen LogP contribution in [0.25, 0.3) is 20.4 Å². The number of aryl methyl sites for hydroxylation is 1. The number of pyridine rings is 1. The summed E-state index contributed by atoms with van der Waals surface area (Å²) < 4.78 is 2.18. The molecule has 3 aromatic heterocycles. The molecule has 25 heavy (non-hydrogen) atoms. The minimum Gasteiger partial charge on any atom is -0.371 e. The second-order valence-corrected chi connectivity index (χ2v) is 6.88. The van der Waals surface area contributed by atoms with Crippen molar-refractivity contribution in [1.82, 2.24) is 14.5 Å². The molecule has 0 amide bonds. The SMILES string of the molecule is CCCCn1cnc2c(sc3ncc([N+](=O)OC)c(N(C)C)c32)c1=O. The molecule has 0 unspecified atom stereocenters. The third-order valence-electron chi connectivity index (χ3n) is 3.99. The van der Waals surface area contributed by atoms with Crippen LogP contribution in [0.15, 0.2) is 17.3 Å². The van der Waals surface area contributed by atoms with Gasteiger partial charge in [-0.1, -0.05) is 13.3 Å². The van der Waals surface area contributed by atoms with Gasteiger partial charge < -0.3 is 4.90 Å². The first-order valence-electron chi connectivity index (χ1n) is 7.98. The Bertz CT molecular complexity index is 1010. The molecule has 0 fully saturated rings. The van der Waals surface area contributed by atoms with E-state index in [1.54, 1.807) is 15.8 Å². The zero-order valence-electron chi connectivity index (χ0n) is 14.6. The van der Waals surface area contributed by atoms with E-state index in [1.165, 1.54) is 24.6 Å². The van der Waals surface area contributed by atoms with Crippen LogP contribution in [0.3, 0.4) is 0 Å². The Labute approximate surface area is 148 Å². The molecule has 3 heterocycles. The standard InChI is InChI=1S/C16H20N5O3S/c1-5-6-7-20-9-18-12-11-13(19(2)3)10(21(23)24-4)8-17-15(11)25-14(12)16(20)22/h8-9H,5-7H2,1-4H3/q+1. The zero-order chi connectivity index (χ0) is 18.1. The van der Waals surface area contributed by atoms with Crippen molar-refractivity contribution < 1.29 is 9.76 Å². The predicted octanol–water partition coefficient (Wildman–Crippen LogP) is 2.84. The van der Waals surface area contributed by atoms with Crippen LogP contribution in [-0.4, -0.2) is 40.7 Å². The van der Waals surface area contributed by atoms with Crippen molar-refractivity contribution in [2.45, 2.75) is 26.3 Å². The van der Waals surface area contributed by atoms with Crippen molar-refractivity contribution >= 4 is 43.1 Å². The van der Waals surface area contributed by atoms with Crippen molar-refractivity contribution in [3.05, 3.63) is 27.8 Å². The van der Waals surface area contributed by atoms with Gasteiger partial charge in [0.2, 0.25) is 0 Å². The van der Waals surface area contributed by atoms with E-state index in [9.17, 15) is 9.70 Å². The molecule has 0 aliphatic rings. The zero-order valence-corrected chi connectivity index (χ0v) is 15.5. The molecule has 0 saturated carbocycles. The van der Waals surface area contributed by atoms with E-state index in [0.29, 0.717) is 37.6 Å². The van der Waals surface area contributed by atoms with Gasteiger partial charge in [0.05, 0.1) is 16.6 Å². The molecule has 0 saturated heterocycles. The lowest BCUT2D eigenvalue weighted by atomic mass is 10.2. The van der Waals surface area contributed by atoms with E-state index < -0.39 is 0 Å². The third-order valence-corrected chi connectivity index (χ3v) is 5.07. The quantitative estimate of drug-likeness (QED) is 0.627. The van der Waals surface area contributed by atoms with Crippen LogP contribution in [0.4, 0.5) is 11.4 Å². The molecule has 3 rings (SSSR count). The predicted molar refractivity (Wildman–Crippen MR) is 98.7 cm³/mol. The van der Waals surface area contributed by atoms with Gasteiger partial charge in [-0.3, -0.25) is 9.36 Å². The third kappa shape index (κ3) is 2.84. The molecular weight excluding hydrogens is 342 g/mol. The molecule has 0 N–H and O–H groups in total. The highest BCUT2D eigenvalue weighted by atomic mass is 32.1. The summed E-state index contributed by atoms with van der Waals surface area (Å²) in [4.78, 5) is 41.3. The molecule has 0 aromatic carbocycles. The summed E-state index contributed by atoms with van der Waals surface area (Å²) in [6.45, 7) is 2.72. The van der Waals surface area contributed by atoms with Crippen LogP contribution in [0, 0.1) is 4.91 Å². The first-order chi connectivity index (χ1) is 12.0. The number of hydrogen-bond donors (Lipinski definition) is 0. The largest absolute Gasteiger partial charge is 0.371 e. The fourth-order valence-electron chi connectivity index (χ4n) is 2.78. The Morgan fingerprint density at radius 3 is 2.76 bits per heavy atom. The molecule has 3 aromatic rings. The average molecular weight is 362 g/mol. The number of rotatable bonds is 6. The Kier molecular flexibility index (Phi) is 4.67. The van der Waals surface area contributed by atoms with Gasteiger partial charge in [-0.05, 0) is 6.42 Å². The van der Waals surface area contributed by atoms with Crippen LogP contribution in [0.1, 0.15) is 19.8 Å². The summed E-state index contributed by atoms with van der Waals surface area (Å²) in [7, 11) is 4.95. The van der Waals surface area contributed by atoms with E-state index in [0.717, 1.165) is 12.8 Å². The van der Waals surface area contributed by atoms with Crippen LogP contribution < -0.4 is 10.5 Å². The fraction of sp³-hybridized carbons (Fsp3) is 0.438. The van der Waals surface area contributed by atoms with Crippen molar-refractivity contribution in [2.24, 2.45) is 0 Å². The molecule has 0 radical (unpaired) electrons. The number of hydrogen-bond acceptors (Lipinski definition) is 7. The lowest BCUT2D eigenvalue weighted by molar-refractivity contribution is -0.736. The van der Waals surface area contributed by atoms with E-state index in [-0.39, 0.29) is 11.2 Å². The summed E-state index contributed by atoms with van der Waals surface area (Å²) in [5.41, 5.74) is 1.40. The van der Waals surface area contributed by atoms with E-state index in [2.05, 4.69) is 16.9 Å². The highest BCUT2D eigenvalue weighted by molar-refractivity contribution is 7.25. The average Bonchev–Trinajstić information content (AvgIpc) is 2.99. The minimum atomic E-state index is -0.0709. The molecule has 0 aliphatic carbocycles. The van der Waals surface area contributed by atoms with E-state index in [4.69, 9.17) is 4.84 Å². The van der Waals surface area contributed by atoms with Gasteiger partial charge >= 0.3 is 5.69 Å². The van der Waals surface area contributed by atoms with Gasteiger partial charge in [0.1, 0.15) is 26.9 Å². The highest BCUT2D eigenvalue weighted by Crippen LogP contribution is 2.40. The smallest absolute Gasteiger partial charge is 0.358 e. The summed E-state index contributed by atoms with van der Waals surface area (Å²) in [5, 5.41) is 0.695. The van der Waals surface area contributed by atoms with Crippen molar-refractivity contribution in [3.8, 4) is 0 Å². The number of fused-ring (bicyclic) bond motifs is 3. The van der Waals surface area contributed by atoms with E-state index in [1.807, 2.05) is 14.1 Å². The number of aromatic nitrogens is 3. The molecule has 9 heteroatoms. The van der Waals surface area contributed by atoms with Crippen molar-refractivity contribution in [2.75, 3.05) is 26.1 Å². The maximum atomic E-state index is 12.8. The number of anilines is 1. The second kappa shape index (κ2) is 6.75. The highest BCUT2D eigenvalue weighted by Gasteiger charge is 2.28. The van der Waals surface area contributed by atoms with Crippen LogP contribution in [0.2, 0.25) is 0 Å². The summed E-state index contributed by atoms with van der Waals surface area (Å²) >= 11 is 1.30. The number of unbranched alkanes of at least 4 members (excludes halogenated alkanes) is 1. The van der Waals surface area contributed by atoms with Crippen molar-refractivity contribution in [1.29, 1.82) is 0 Å². The van der Waals surface area contributed by atoms with Crippen LogP contribution in [0.5, 0.6) is 0 Å². The van der Waals surface area contributed by atoms with E-state index >= 15 is 0 Å². The summed E-state index contributed by atoms with van der Waals surface area (Å²) in [6.07, 6.45) is 4.95. The molecule has 0 bridgehead atoms. The minimum absolute atomic E-state index is 0.0709. The molecule has 0 aliphatic heterocycles. The van der Waals surface area contributed by atoms with Crippen molar-refractivity contribution in [3.63, 3.8) is 0 Å². The molecular formula is C16H20N5O3S+. The topological polar surface area (TPSA) is 80.3 Å². The first kappa shape index (κ1) is 17.3. The molecule has 8 nitrogen and oxygen atoms in total. The van der Waals surface area contributed by atoms with Crippen LogP contribution >= 0.6 is 11.3 Å². The van der Waals surface area contributed by atoms with Gasteiger partial charge in [0.15, 0.2) is 7.11 Å². The Morgan fingerprint density at radius 1 is 1.36 bits per heavy atom. The van der Waals surface area contributed by atoms with Gasteiger partial charge in [-0.2, -0.15) is 0 Å². The Balaban J connectivity index is 2.34. The lowest BCUT2D eigenvalue weighted by Crippen LogP contribution is -2.19. The monoisotopic (exact) mass is 362 g/mol. The normalized spacial score (nSPS) is 11.2. The maximum absolute atomic E-state index is 12.8. The maximum Gasteiger partial charge on any atom is 0.358 e. The fourth-order valence-corrected chi connectivity index (χ4v) is 3.83. The Morgan fingerprint density at radius 2 is 2.12 bits per heavy atom. The first-order valence-corrected chi connectivity index (χ1v) is 8.80. The van der Waals surface area contributed by atoms with Gasteiger partial charge in [0, 0.05) is 20.6 Å². The Hall–Kier alpha value is -2.55. The lowest BCUT2D eigenvalue weighted by Gasteiger charge is -2.12. The van der Waals surface area contributed by atoms with Gasteiger partial charge in [-0.25, -0.2) is 14.8 Å². The second-order valence-electron chi connectivity index (χ2n) is 5.88. The number of thiophene rings is 1. The molecule has 0 spiro atoms. The van der Waals surface area contributed by atoms with Crippen LogP contribution in [-0.2, 0) is 11.4 Å². The molecule has 0 atom stereocenters. The van der Waals surface area contributed by atoms with Gasteiger partial charge in [0.25, 0.3) is 10.5 Å². The number of nitrogens with zero attached hydrogens (tertiary/aromatic N) is 5. The molecule has 132 valence electrons. The summed E-state index contributed by atoms with van der Waals surface area (Å²) in [5.74, 6) is 0. The summed E-state index contributed by atoms with van der Waals surface area (Å²) in [6, 6.07) is 0. The van der Waals surface area contributed by atoms with Gasteiger partial charge in [-0.15, -0.1) is 11.3 Å².